The molecule has 0 saturated carbocycles. The second-order valence-electron chi connectivity index (χ2n) is 5.11. The maximum Gasteiger partial charge on any atom is 0.326 e. The number of likely N-dealkylation sites (tertiary alicyclic amines) is 1. The first-order valence-corrected chi connectivity index (χ1v) is 6.57. The van der Waals surface area contributed by atoms with Gasteiger partial charge in [-0.1, -0.05) is 0 Å². The monoisotopic (exact) mass is 272 g/mol. The summed E-state index contributed by atoms with van der Waals surface area (Å²) >= 11 is 0. The molecule has 3 unspecified atom stereocenters. The van der Waals surface area contributed by atoms with Crippen molar-refractivity contribution in [1.29, 1.82) is 0 Å². The third-order valence-electron chi connectivity index (χ3n) is 3.74. The number of carbonyl (C=O) groups is 2. The molecule has 2 N–H and O–H groups in total. The average molecular weight is 272 g/mol. The molecular weight excluding hydrogens is 252 g/mol. The van der Waals surface area contributed by atoms with Gasteiger partial charge in [0.1, 0.15) is 6.04 Å². The Morgan fingerprint density at radius 3 is 2.74 bits per heavy atom. The molecule has 0 aromatic rings. The molecule has 2 amide bonds. The summed E-state index contributed by atoms with van der Waals surface area (Å²) in [5.41, 5.74) is 0. The average Bonchev–Trinajstić information content (AvgIpc) is 2.88. The summed E-state index contributed by atoms with van der Waals surface area (Å²) in [6.45, 7) is 2.86. The summed E-state index contributed by atoms with van der Waals surface area (Å²) < 4.78 is 5.38. The number of ether oxygens (including phenoxy) is 1. The minimum atomic E-state index is -0.953. The molecule has 0 aliphatic carbocycles. The standard InChI is InChI=1S/C12H20N2O5/c1-8-7-19-9(6-15)5-14(8)12(18)13-4-2-3-10(13)11(16)17/h8-10,15H,2-7H2,1H3,(H,16,17). The van der Waals surface area contributed by atoms with E-state index in [-0.39, 0.29) is 24.8 Å². The van der Waals surface area contributed by atoms with Gasteiger partial charge in [-0.2, -0.15) is 0 Å². The molecule has 7 heteroatoms. The number of carbonyl (C=O) groups excluding carboxylic acids is 1. The number of aliphatic hydroxyl groups is 1. The number of hydrogen-bond donors (Lipinski definition) is 2. The van der Waals surface area contributed by atoms with Crippen molar-refractivity contribution in [3.8, 4) is 0 Å². The molecule has 0 aromatic heterocycles. The highest BCUT2D eigenvalue weighted by Gasteiger charge is 2.39. The van der Waals surface area contributed by atoms with Gasteiger partial charge in [-0.05, 0) is 19.8 Å². The van der Waals surface area contributed by atoms with Crippen LogP contribution >= 0.6 is 0 Å². The predicted molar refractivity (Wildman–Crippen MR) is 65.8 cm³/mol. The van der Waals surface area contributed by atoms with Crippen LogP contribution in [0.3, 0.4) is 0 Å². The predicted octanol–water partition coefficient (Wildman–Crippen LogP) is -0.263. The molecule has 0 bridgehead atoms. The highest BCUT2D eigenvalue weighted by atomic mass is 16.5. The number of carboxylic acids is 1. The van der Waals surface area contributed by atoms with Crippen LogP contribution in [0.15, 0.2) is 0 Å². The lowest BCUT2D eigenvalue weighted by atomic mass is 10.2. The highest BCUT2D eigenvalue weighted by molar-refractivity contribution is 5.83. The summed E-state index contributed by atoms with van der Waals surface area (Å²) in [4.78, 5) is 26.6. The van der Waals surface area contributed by atoms with Crippen molar-refractivity contribution >= 4 is 12.0 Å². The van der Waals surface area contributed by atoms with E-state index in [0.29, 0.717) is 32.5 Å². The maximum atomic E-state index is 12.4. The van der Waals surface area contributed by atoms with Crippen molar-refractivity contribution < 1.29 is 24.5 Å². The Labute approximate surface area is 111 Å². The fourth-order valence-corrected chi connectivity index (χ4v) is 2.61. The van der Waals surface area contributed by atoms with E-state index in [4.69, 9.17) is 14.9 Å². The summed E-state index contributed by atoms with van der Waals surface area (Å²) in [7, 11) is 0. The minimum Gasteiger partial charge on any atom is -0.480 e. The molecular formula is C12H20N2O5. The summed E-state index contributed by atoms with van der Waals surface area (Å²) in [5, 5.41) is 18.2. The van der Waals surface area contributed by atoms with Crippen molar-refractivity contribution in [2.45, 2.75) is 38.0 Å². The molecule has 108 valence electrons. The Kier molecular flexibility index (Phi) is 4.26. The normalized spacial score (nSPS) is 31.6. The van der Waals surface area contributed by atoms with Crippen molar-refractivity contribution in [3.05, 3.63) is 0 Å². The maximum absolute atomic E-state index is 12.4. The first-order chi connectivity index (χ1) is 9.04. The van der Waals surface area contributed by atoms with Crippen LogP contribution in [0.2, 0.25) is 0 Å². The zero-order chi connectivity index (χ0) is 14.0. The smallest absolute Gasteiger partial charge is 0.326 e. The van der Waals surface area contributed by atoms with Crippen LogP contribution in [0, 0.1) is 0 Å². The second kappa shape index (κ2) is 5.75. The van der Waals surface area contributed by atoms with E-state index in [1.165, 1.54) is 4.90 Å². The topological polar surface area (TPSA) is 90.3 Å². The van der Waals surface area contributed by atoms with E-state index in [0.717, 1.165) is 0 Å². The van der Waals surface area contributed by atoms with E-state index in [1.807, 2.05) is 6.92 Å². The van der Waals surface area contributed by atoms with Gasteiger partial charge in [-0.3, -0.25) is 0 Å². The molecule has 0 spiro atoms. The van der Waals surface area contributed by atoms with E-state index >= 15 is 0 Å². The van der Waals surface area contributed by atoms with Gasteiger partial charge >= 0.3 is 12.0 Å². The fraction of sp³-hybridized carbons (Fsp3) is 0.833. The Hall–Kier alpha value is -1.34. The number of aliphatic carboxylic acids is 1. The zero-order valence-corrected chi connectivity index (χ0v) is 11.0. The number of morpholine rings is 1. The number of carboxylic acid groups (broad SMARTS) is 1. The lowest BCUT2D eigenvalue weighted by molar-refractivity contribution is -0.141. The first kappa shape index (κ1) is 14.1. The van der Waals surface area contributed by atoms with E-state index in [1.54, 1.807) is 4.90 Å². The number of aliphatic hydroxyl groups excluding tert-OH is 1. The van der Waals surface area contributed by atoms with Crippen molar-refractivity contribution in [2.75, 3.05) is 26.3 Å². The van der Waals surface area contributed by atoms with Gasteiger partial charge in [-0.25, -0.2) is 9.59 Å². The third-order valence-corrected chi connectivity index (χ3v) is 3.74. The number of amides is 2. The van der Waals surface area contributed by atoms with Gasteiger partial charge in [0.15, 0.2) is 0 Å². The lowest BCUT2D eigenvalue weighted by Crippen LogP contribution is -2.57. The summed E-state index contributed by atoms with van der Waals surface area (Å²) in [6.07, 6.45) is 0.833. The lowest BCUT2D eigenvalue weighted by Gasteiger charge is -2.40. The Balaban J connectivity index is 2.07. The van der Waals surface area contributed by atoms with Gasteiger partial charge in [-0.15, -0.1) is 0 Å². The van der Waals surface area contributed by atoms with Crippen LogP contribution < -0.4 is 0 Å². The minimum absolute atomic E-state index is 0.106. The Bertz CT molecular complexity index is 362. The van der Waals surface area contributed by atoms with Gasteiger partial charge in [0, 0.05) is 6.54 Å². The van der Waals surface area contributed by atoms with Gasteiger partial charge in [0.2, 0.25) is 0 Å². The largest absolute Gasteiger partial charge is 0.480 e. The highest BCUT2D eigenvalue weighted by Crippen LogP contribution is 2.22. The van der Waals surface area contributed by atoms with E-state index < -0.39 is 12.0 Å². The zero-order valence-electron chi connectivity index (χ0n) is 11.0. The molecule has 19 heavy (non-hydrogen) atoms. The Morgan fingerprint density at radius 2 is 2.11 bits per heavy atom. The second-order valence-corrected chi connectivity index (χ2v) is 5.11. The molecule has 2 aliphatic heterocycles. The first-order valence-electron chi connectivity index (χ1n) is 6.57. The fourth-order valence-electron chi connectivity index (χ4n) is 2.61. The SMILES string of the molecule is CC1COC(CO)CN1C(=O)N1CCCC1C(=O)O. The van der Waals surface area contributed by atoms with Crippen LogP contribution in [0.1, 0.15) is 19.8 Å². The molecule has 2 fully saturated rings. The molecule has 0 aromatic carbocycles. The summed E-state index contributed by atoms with van der Waals surface area (Å²) in [5.74, 6) is -0.953. The number of hydrogen-bond acceptors (Lipinski definition) is 4. The van der Waals surface area contributed by atoms with E-state index in [9.17, 15) is 9.59 Å². The van der Waals surface area contributed by atoms with Gasteiger partial charge in [0.25, 0.3) is 0 Å². The summed E-state index contributed by atoms with van der Waals surface area (Å²) in [6, 6.07) is -1.10. The van der Waals surface area contributed by atoms with Crippen molar-refractivity contribution in [2.24, 2.45) is 0 Å². The van der Waals surface area contributed by atoms with Crippen LogP contribution in [0.4, 0.5) is 4.79 Å². The van der Waals surface area contributed by atoms with Crippen LogP contribution in [-0.2, 0) is 9.53 Å². The third kappa shape index (κ3) is 2.82. The quantitative estimate of drug-likeness (QED) is 0.722. The van der Waals surface area contributed by atoms with Crippen LogP contribution in [-0.4, -0.2) is 76.5 Å². The number of urea groups is 1. The molecule has 2 aliphatic rings. The van der Waals surface area contributed by atoms with Gasteiger partial charge < -0.3 is 24.7 Å². The molecule has 7 nitrogen and oxygen atoms in total. The van der Waals surface area contributed by atoms with Gasteiger partial charge in [0.05, 0.1) is 31.9 Å². The van der Waals surface area contributed by atoms with Crippen LogP contribution in [0.5, 0.6) is 0 Å². The molecule has 2 rings (SSSR count). The number of rotatable bonds is 2. The molecule has 2 saturated heterocycles. The van der Waals surface area contributed by atoms with Crippen molar-refractivity contribution in [1.82, 2.24) is 9.80 Å². The Morgan fingerprint density at radius 1 is 1.37 bits per heavy atom. The molecule has 3 atom stereocenters. The molecule has 2 heterocycles. The number of nitrogens with zero attached hydrogens (tertiary/aromatic N) is 2. The molecule has 0 radical (unpaired) electrons. The van der Waals surface area contributed by atoms with E-state index in [2.05, 4.69) is 0 Å². The van der Waals surface area contributed by atoms with Crippen LogP contribution in [0.25, 0.3) is 0 Å². The van der Waals surface area contributed by atoms with Crippen molar-refractivity contribution in [3.63, 3.8) is 0 Å².